The molecule has 0 aliphatic rings. The van der Waals surface area contributed by atoms with Gasteiger partial charge in [-0.25, -0.2) is 0 Å². The number of hydrogen-bond donors (Lipinski definition) is 0. The van der Waals surface area contributed by atoms with E-state index in [1.807, 2.05) is 18.2 Å². The molecule has 71 valence electrons. The third-order valence-corrected chi connectivity index (χ3v) is 2.88. The summed E-state index contributed by atoms with van der Waals surface area (Å²) in [5, 5.41) is 1.49. The molecule has 2 aromatic rings. The fourth-order valence-electron chi connectivity index (χ4n) is 1.15. The molecule has 1 radical (unpaired) electrons. The fourth-order valence-corrected chi connectivity index (χ4v) is 1.70. The van der Waals surface area contributed by atoms with Gasteiger partial charge in [-0.3, -0.25) is 4.57 Å². The first-order valence-corrected chi connectivity index (χ1v) is 5.03. The van der Waals surface area contributed by atoms with Gasteiger partial charge in [0.2, 0.25) is 0 Å². The summed E-state index contributed by atoms with van der Waals surface area (Å²) < 4.78 is 1.62. The molecule has 0 spiro atoms. The Morgan fingerprint density at radius 2 is 1.71 bits per heavy atom. The zero-order chi connectivity index (χ0) is 10.1. The lowest BCUT2D eigenvalue weighted by Crippen LogP contribution is -1.92. The minimum absolute atomic E-state index is 0.416. The van der Waals surface area contributed by atoms with Gasteiger partial charge in [-0.15, -0.1) is 0 Å². The van der Waals surface area contributed by atoms with Crippen LogP contribution in [0.4, 0.5) is 0 Å². The maximum atomic E-state index is 6.00. The molecule has 14 heavy (non-hydrogen) atoms. The van der Waals surface area contributed by atoms with Crippen LogP contribution in [0, 0.1) is 6.20 Å². The van der Waals surface area contributed by atoms with Crippen molar-refractivity contribution in [1.29, 1.82) is 0 Å². The number of nitrogens with zero attached hydrogens (tertiary/aromatic N) is 1. The second kappa shape index (κ2) is 3.85. The van der Waals surface area contributed by atoms with Crippen LogP contribution < -0.4 is 0 Å². The molecule has 1 nitrogen and oxygen atoms in total. The van der Waals surface area contributed by atoms with Crippen molar-refractivity contribution in [1.82, 2.24) is 4.57 Å². The molecule has 0 bridgehead atoms. The predicted molar refractivity (Wildman–Crippen MR) is 59.6 cm³/mol. The third-order valence-electron chi connectivity index (χ3n) is 1.81. The molecule has 0 saturated carbocycles. The fraction of sp³-hybridized carbons (Fsp3) is 0. The maximum Gasteiger partial charge on any atom is 0.132 e. The van der Waals surface area contributed by atoms with E-state index in [0.717, 1.165) is 5.69 Å². The van der Waals surface area contributed by atoms with E-state index < -0.39 is 0 Å². The highest BCUT2D eigenvalue weighted by Gasteiger charge is 2.08. The Labute approximate surface area is 96.8 Å². The molecule has 1 aromatic carbocycles. The van der Waals surface area contributed by atoms with Gasteiger partial charge in [0.15, 0.2) is 0 Å². The monoisotopic (exact) mass is 244 g/mol. The topological polar surface area (TPSA) is 4.93 Å². The molecular formula is C10H5Cl3N. The van der Waals surface area contributed by atoms with E-state index in [9.17, 15) is 0 Å². The van der Waals surface area contributed by atoms with Crippen molar-refractivity contribution in [2.45, 2.75) is 0 Å². The number of aromatic nitrogens is 1. The Balaban J connectivity index is 2.60. The van der Waals surface area contributed by atoms with Crippen LogP contribution in [0.25, 0.3) is 5.69 Å². The third kappa shape index (κ3) is 1.63. The molecule has 0 atom stereocenters. The van der Waals surface area contributed by atoms with Crippen LogP contribution in [0.15, 0.2) is 30.3 Å². The number of para-hydroxylation sites is 1. The van der Waals surface area contributed by atoms with Crippen LogP contribution in [-0.2, 0) is 0 Å². The average Bonchev–Trinajstić information content (AvgIpc) is 2.49. The zero-order valence-corrected chi connectivity index (χ0v) is 9.24. The Morgan fingerprint density at radius 1 is 1.00 bits per heavy atom. The molecule has 2 rings (SSSR count). The largest absolute Gasteiger partial charge is 0.296 e. The van der Waals surface area contributed by atoms with Crippen LogP contribution in [0.3, 0.4) is 0 Å². The van der Waals surface area contributed by atoms with Gasteiger partial charge in [0.05, 0.1) is 21.9 Å². The maximum absolute atomic E-state index is 6.00. The van der Waals surface area contributed by atoms with Crippen molar-refractivity contribution in [3.05, 3.63) is 51.7 Å². The van der Waals surface area contributed by atoms with Crippen molar-refractivity contribution in [2.75, 3.05) is 0 Å². The molecule has 4 heteroatoms. The number of rotatable bonds is 1. The van der Waals surface area contributed by atoms with Gasteiger partial charge in [0.1, 0.15) is 5.15 Å². The van der Waals surface area contributed by atoms with E-state index in [2.05, 4.69) is 6.20 Å². The van der Waals surface area contributed by atoms with Gasteiger partial charge in [-0.05, 0) is 18.2 Å². The van der Waals surface area contributed by atoms with E-state index in [1.54, 1.807) is 16.7 Å². The van der Waals surface area contributed by atoms with Crippen LogP contribution in [0.1, 0.15) is 0 Å². The lowest BCUT2D eigenvalue weighted by molar-refractivity contribution is 1.07. The SMILES string of the molecule is Clc1ccccc1-n1[c]cc(Cl)c1Cl. The molecule has 0 aliphatic carbocycles. The Morgan fingerprint density at radius 3 is 2.29 bits per heavy atom. The summed E-state index contributed by atoms with van der Waals surface area (Å²) >= 11 is 17.8. The van der Waals surface area contributed by atoms with Gasteiger partial charge in [0.25, 0.3) is 0 Å². The lowest BCUT2D eigenvalue weighted by atomic mass is 10.3. The summed E-state index contributed by atoms with van der Waals surface area (Å²) in [4.78, 5) is 0. The highest BCUT2D eigenvalue weighted by Crippen LogP contribution is 2.28. The summed E-state index contributed by atoms with van der Waals surface area (Å²) in [5.74, 6) is 0. The second-order valence-corrected chi connectivity index (χ2v) is 3.87. The molecule has 0 N–H and O–H groups in total. The van der Waals surface area contributed by atoms with Gasteiger partial charge in [0, 0.05) is 0 Å². The normalized spacial score (nSPS) is 10.5. The Hall–Kier alpha value is -0.630. The molecule has 0 saturated heterocycles. The molecule has 1 heterocycles. The summed E-state index contributed by atoms with van der Waals surface area (Å²) in [7, 11) is 0. The Kier molecular flexibility index (Phi) is 2.73. The highest BCUT2D eigenvalue weighted by atomic mass is 35.5. The van der Waals surface area contributed by atoms with Crippen molar-refractivity contribution in [3.8, 4) is 5.69 Å². The average molecular weight is 246 g/mol. The van der Waals surface area contributed by atoms with Gasteiger partial charge in [-0.2, -0.15) is 0 Å². The standard InChI is InChI=1S/C10H5Cl3N/c11-7-3-1-2-4-9(7)14-6-5-8(12)10(14)13/h1-5H. The van der Waals surface area contributed by atoms with E-state index in [0.29, 0.717) is 15.2 Å². The van der Waals surface area contributed by atoms with Crippen LogP contribution in [-0.4, -0.2) is 4.57 Å². The first-order valence-electron chi connectivity index (χ1n) is 3.89. The smallest absolute Gasteiger partial charge is 0.132 e. The van der Waals surface area contributed by atoms with Gasteiger partial charge >= 0.3 is 0 Å². The predicted octanol–water partition coefficient (Wildman–Crippen LogP) is 4.24. The van der Waals surface area contributed by atoms with E-state index in [1.165, 1.54) is 0 Å². The Bertz CT molecular complexity index is 462. The number of benzene rings is 1. The van der Waals surface area contributed by atoms with Crippen molar-refractivity contribution in [3.63, 3.8) is 0 Å². The van der Waals surface area contributed by atoms with Gasteiger partial charge < -0.3 is 0 Å². The van der Waals surface area contributed by atoms with Crippen LogP contribution >= 0.6 is 34.8 Å². The second-order valence-electron chi connectivity index (χ2n) is 2.70. The first-order chi connectivity index (χ1) is 6.70. The van der Waals surface area contributed by atoms with Crippen LogP contribution in [0.2, 0.25) is 15.2 Å². The highest BCUT2D eigenvalue weighted by molar-refractivity contribution is 6.41. The molecule has 0 fully saturated rings. The summed E-state index contributed by atoms with van der Waals surface area (Å²) in [6.45, 7) is 0. The van der Waals surface area contributed by atoms with E-state index in [-0.39, 0.29) is 0 Å². The minimum Gasteiger partial charge on any atom is -0.296 e. The number of hydrogen-bond acceptors (Lipinski definition) is 0. The summed E-state index contributed by atoms with van der Waals surface area (Å²) in [6, 6.07) is 8.97. The molecule has 0 aliphatic heterocycles. The molecule has 0 unspecified atom stereocenters. The van der Waals surface area contributed by atoms with E-state index in [4.69, 9.17) is 34.8 Å². The summed E-state index contributed by atoms with van der Waals surface area (Å²) in [6.07, 6.45) is 2.90. The summed E-state index contributed by atoms with van der Waals surface area (Å²) in [5.41, 5.74) is 0.770. The quantitative estimate of drug-likeness (QED) is 0.708. The zero-order valence-electron chi connectivity index (χ0n) is 6.97. The van der Waals surface area contributed by atoms with Crippen molar-refractivity contribution >= 4 is 34.8 Å². The molecule has 0 amide bonds. The van der Waals surface area contributed by atoms with Crippen molar-refractivity contribution < 1.29 is 0 Å². The molecule has 1 aromatic heterocycles. The minimum atomic E-state index is 0.416. The first kappa shape index (κ1) is 9.91. The lowest BCUT2D eigenvalue weighted by Gasteiger charge is -2.05. The van der Waals surface area contributed by atoms with Crippen LogP contribution in [0.5, 0.6) is 0 Å². The number of halogens is 3. The van der Waals surface area contributed by atoms with E-state index >= 15 is 0 Å². The molecular weight excluding hydrogens is 240 g/mol. The van der Waals surface area contributed by atoms with Crippen molar-refractivity contribution in [2.24, 2.45) is 0 Å². The van der Waals surface area contributed by atoms with Gasteiger partial charge in [-0.1, -0.05) is 46.9 Å².